The first-order chi connectivity index (χ1) is 7.13. The second-order valence-corrected chi connectivity index (χ2v) is 3.91. The number of nitrogens with zero attached hydrogens (tertiary/aromatic N) is 1. The molecule has 1 fully saturated rings. The summed E-state index contributed by atoms with van der Waals surface area (Å²) in [6.07, 6.45) is 0.648. The molecule has 0 amide bonds. The number of carboxylic acid groups (broad SMARTS) is 1. The Balaban J connectivity index is 2.26. The second-order valence-electron chi connectivity index (χ2n) is 3.52. The van der Waals surface area contributed by atoms with Crippen molar-refractivity contribution in [2.45, 2.75) is 12.3 Å². The second kappa shape index (κ2) is 3.70. The zero-order valence-corrected chi connectivity index (χ0v) is 8.86. The normalized spacial score (nSPS) is 23.6. The lowest BCUT2D eigenvalue weighted by Gasteiger charge is -2.06. The molecule has 0 radical (unpaired) electrons. The van der Waals surface area contributed by atoms with Crippen molar-refractivity contribution in [1.29, 1.82) is 0 Å². The van der Waals surface area contributed by atoms with E-state index in [-0.39, 0.29) is 11.8 Å². The third-order valence-electron chi connectivity index (χ3n) is 2.56. The number of aromatic nitrogens is 1. The summed E-state index contributed by atoms with van der Waals surface area (Å²) in [7, 11) is 1.50. The van der Waals surface area contributed by atoms with Gasteiger partial charge in [-0.2, -0.15) is 0 Å². The van der Waals surface area contributed by atoms with Gasteiger partial charge in [-0.1, -0.05) is 17.7 Å². The third-order valence-corrected chi connectivity index (χ3v) is 2.77. The molecule has 1 aromatic rings. The Morgan fingerprint density at radius 3 is 2.93 bits per heavy atom. The van der Waals surface area contributed by atoms with E-state index in [0.29, 0.717) is 17.5 Å². The number of pyridine rings is 1. The van der Waals surface area contributed by atoms with Crippen molar-refractivity contribution in [2.75, 3.05) is 7.11 Å². The standard InChI is InChI=1S/C10H10ClNO3/c1-15-9-5(2-3-8(11)12-9)6-4-7(6)10(13)14/h2-3,6-7H,4H2,1H3,(H,13,14)/t6-,7+/m0/s1. The molecule has 2 rings (SSSR count). The third kappa shape index (κ3) is 1.90. The predicted octanol–water partition coefficient (Wildman–Crippen LogP) is 1.93. The number of carboxylic acids is 1. The minimum Gasteiger partial charge on any atom is -0.481 e. The van der Waals surface area contributed by atoms with Crippen LogP contribution in [0, 0.1) is 5.92 Å². The van der Waals surface area contributed by atoms with Gasteiger partial charge in [0.1, 0.15) is 5.15 Å². The Bertz CT molecular complexity index is 408. The molecule has 0 spiro atoms. The van der Waals surface area contributed by atoms with E-state index in [2.05, 4.69) is 4.98 Å². The van der Waals surface area contributed by atoms with E-state index < -0.39 is 5.97 Å². The quantitative estimate of drug-likeness (QED) is 0.802. The minimum atomic E-state index is -0.767. The van der Waals surface area contributed by atoms with Crippen molar-refractivity contribution < 1.29 is 14.6 Å². The van der Waals surface area contributed by atoms with Crippen LogP contribution in [-0.4, -0.2) is 23.2 Å². The van der Waals surface area contributed by atoms with Crippen LogP contribution >= 0.6 is 11.6 Å². The molecule has 1 saturated carbocycles. The van der Waals surface area contributed by atoms with Crippen LogP contribution in [0.5, 0.6) is 5.88 Å². The molecule has 0 unspecified atom stereocenters. The molecule has 0 aliphatic heterocycles. The molecule has 4 nitrogen and oxygen atoms in total. The molecule has 0 bridgehead atoms. The highest BCUT2D eigenvalue weighted by atomic mass is 35.5. The number of hydrogen-bond acceptors (Lipinski definition) is 3. The van der Waals surface area contributed by atoms with Crippen LogP contribution in [0.2, 0.25) is 5.15 Å². The van der Waals surface area contributed by atoms with Gasteiger partial charge in [0.15, 0.2) is 0 Å². The maximum absolute atomic E-state index is 10.7. The first-order valence-corrected chi connectivity index (χ1v) is 4.94. The van der Waals surface area contributed by atoms with E-state index >= 15 is 0 Å². The van der Waals surface area contributed by atoms with Gasteiger partial charge in [0, 0.05) is 11.5 Å². The van der Waals surface area contributed by atoms with Crippen LogP contribution < -0.4 is 4.74 Å². The predicted molar refractivity (Wildman–Crippen MR) is 54.3 cm³/mol. The summed E-state index contributed by atoms with van der Waals surface area (Å²) in [5.74, 6) is -0.627. The minimum absolute atomic E-state index is 0.0159. The van der Waals surface area contributed by atoms with Crippen molar-refractivity contribution in [3.05, 3.63) is 22.8 Å². The highest BCUT2D eigenvalue weighted by molar-refractivity contribution is 6.29. The smallest absolute Gasteiger partial charge is 0.307 e. The first kappa shape index (κ1) is 10.2. The van der Waals surface area contributed by atoms with Crippen molar-refractivity contribution in [3.63, 3.8) is 0 Å². The zero-order chi connectivity index (χ0) is 11.0. The molecular formula is C10H10ClNO3. The van der Waals surface area contributed by atoms with E-state index in [1.807, 2.05) is 0 Å². The lowest BCUT2D eigenvalue weighted by atomic mass is 10.1. The molecule has 1 aliphatic rings. The topological polar surface area (TPSA) is 59.4 Å². The van der Waals surface area contributed by atoms with Crippen LogP contribution in [0.1, 0.15) is 17.9 Å². The van der Waals surface area contributed by atoms with Gasteiger partial charge < -0.3 is 9.84 Å². The summed E-state index contributed by atoms with van der Waals surface area (Å²) < 4.78 is 5.07. The van der Waals surface area contributed by atoms with Crippen LogP contribution in [0.15, 0.2) is 12.1 Å². The molecule has 2 atom stereocenters. The number of carbonyl (C=O) groups is 1. The molecule has 80 valence electrons. The largest absolute Gasteiger partial charge is 0.481 e. The van der Waals surface area contributed by atoms with E-state index in [1.165, 1.54) is 7.11 Å². The molecule has 0 aromatic carbocycles. The summed E-state index contributed by atoms with van der Waals surface area (Å²) in [5, 5.41) is 9.17. The summed E-state index contributed by atoms with van der Waals surface area (Å²) in [6.45, 7) is 0. The molecule has 0 saturated heterocycles. The van der Waals surface area contributed by atoms with E-state index in [9.17, 15) is 4.79 Å². The number of aliphatic carboxylic acids is 1. The van der Waals surface area contributed by atoms with Gasteiger partial charge in [-0.25, -0.2) is 4.98 Å². The molecular weight excluding hydrogens is 218 g/mol. The molecule has 1 N–H and O–H groups in total. The van der Waals surface area contributed by atoms with E-state index in [4.69, 9.17) is 21.4 Å². The summed E-state index contributed by atoms with van der Waals surface area (Å²) in [6, 6.07) is 3.43. The van der Waals surface area contributed by atoms with Gasteiger partial charge in [-0.3, -0.25) is 4.79 Å². The van der Waals surface area contributed by atoms with Crippen LogP contribution in [0.25, 0.3) is 0 Å². The summed E-state index contributed by atoms with van der Waals surface area (Å²) in [4.78, 5) is 14.7. The number of methoxy groups -OCH3 is 1. The number of halogens is 1. The van der Waals surface area contributed by atoms with Crippen LogP contribution in [-0.2, 0) is 4.79 Å². The number of hydrogen-bond donors (Lipinski definition) is 1. The van der Waals surface area contributed by atoms with Gasteiger partial charge in [0.2, 0.25) is 5.88 Å². The van der Waals surface area contributed by atoms with Crippen molar-refractivity contribution in [1.82, 2.24) is 4.98 Å². The Morgan fingerprint density at radius 1 is 1.67 bits per heavy atom. The zero-order valence-electron chi connectivity index (χ0n) is 8.11. The molecule has 5 heteroatoms. The molecule has 1 heterocycles. The van der Waals surface area contributed by atoms with E-state index in [0.717, 1.165) is 5.56 Å². The fourth-order valence-electron chi connectivity index (χ4n) is 1.69. The summed E-state index contributed by atoms with van der Waals surface area (Å²) in [5.41, 5.74) is 0.828. The van der Waals surface area contributed by atoms with Crippen molar-refractivity contribution in [3.8, 4) is 5.88 Å². The highest BCUT2D eigenvalue weighted by Gasteiger charge is 2.45. The van der Waals surface area contributed by atoms with Gasteiger partial charge in [0.05, 0.1) is 13.0 Å². The Hall–Kier alpha value is -1.29. The van der Waals surface area contributed by atoms with Crippen LogP contribution in [0.4, 0.5) is 0 Å². The molecule has 1 aliphatic carbocycles. The lowest BCUT2D eigenvalue weighted by Crippen LogP contribution is -2.01. The Labute approximate surface area is 91.8 Å². The first-order valence-electron chi connectivity index (χ1n) is 4.56. The summed E-state index contributed by atoms with van der Waals surface area (Å²) >= 11 is 5.71. The average molecular weight is 228 g/mol. The Kier molecular flexibility index (Phi) is 2.52. The SMILES string of the molecule is COc1nc(Cl)ccc1[C@@H]1C[C@H]1C(=O)O. The highest BCUT2D eigenvalue weighted by Crippen LogP contribution is 2.50. The van der Waals surface area contributed by atoms with Crippen molar-refractivity contribution >= 4 is 17.6 Å². The lowest BCUT2D eigenvalue weighted by molar-refractivity contribution is -0.138. The van der Waals surface area contributed by atoms with E-state index in [1.54, 1.807) is 12.1 Å². The number of rotatable bonds is 3. The van der Waals surface area contributed by atoms with Gasteiger partial charge in [-0.05, 0) is 12.5 Å². The number of ether oxygens (including phenoxy) is 1. The van der Waals surface area contributed by atoms with Crippen molar-refractivity contribution in [2.24, 2.45) is 5.92 Å². The maximum Gasteiger partial charge on any atom is 0.307 e. The average Bonchev–Trinajstić information content (AvgIpc) is 2.97. The molecule has 15 heavy (non-hydrogen) atoms. The van der Waals surface area contributed by atoms with Gasteiger partial charge in [0.25, 0.3) is 0 Å². The maximum atomic E-state index is 10.7. The van der Waals surface area contributed by atoms with Gasteiger partial charge >= 0.3 is 5.97 Å². The molecule has 1 aromatic heterocycles. The fourth-order valence-corrected chi connectivity index (χ4v) is 1.83. The fraction of sp³-hybridized carbons (Fsp3) is 0.400. The monoisotopic (exact) mass is 227 g/mol. The van der Waals surface area contributed by atoms with Gasteiger partial charge in [-0.15, -0.1) is 0 Å². The Morgan fingerprint density at radius 2 is 2.40 bits per heavy atom. The van der Waals surface area contributed by atoms with Crippen LogP contribution in [0.3, 0.4) is 0 Å².